The average Bonchev–Trinajstić information content (AvgIpc) is 2.74. The first-order valence-corrected chi connectivity index (χ1v) is 11.0. The zero-order chi connectivity index (χ0) is 22.5. The van der Waals surface area contributed by atoms with Crippen molar-refractivity contribution in [2.45, 2.75) is 24.7 Å². The number of carbonyl (C=O) groups excluding carboxylic acids is 1. The molecule has 0 radical (unpaired) electrons. The summed E-state index contributed by atoms with van der Waals surface area (Å²) in [6.07, 6.45) is 0. The van der Waals surface area contributed by atoms with E-state index in [0.29, 0.717) is 22.7 Å². The molecule has 9 heteroatoms. The number of methoxy groups -OCH3 is 1. The molecule has 0 aliphatic heterocycles. The number of aromatic nitrogens is 2. The molecule has 0 spiro atoms. The highest BCUT2D eigenvalue weighted by atomic mass is 35.5. The Hall–Kier alpha value is -2.42. The molecule has 164 valence electrons. The summed E-state index contributed by atoms with van der Waals surface area (Å²) in [5, 5.41) is 1.21. The maximum Gasteiger partial charge on any atom is 0.262 e. The van der Waals surface area contributed by atoms with Crippen molar-refractivity contribution in [3.63, 3.8) is 0 Å². The SMILES string of the molecule is COCC(C)n1c(SCC(=O)N(C)Cc2c(F)cccc2Cl)nc2ccccc2c1=O. The van der Waals surface area contributed by atoms with E-state index in [1.807, 2.05) is 13.0 Å². The van der Waals surface area contributed by atoms with E-state index >= 15 is 0 Å². The van der Waals surface area contributed by atoms with Crippen LogP contribution in [0.1, 0.15) is 18.5 Å². The van der Waals surface area contributed by atoms with E-state index in [9.17, 15) is 14.0 Å². The lowest BCUT2D eigenvalue weighted by atomic mass is 10.2. The van der Waals surface area contributed by atoms with Crippen molar-refractivity contribution in [1.29, 1.82) is 0 Å². The van der Waals surface area contributed by atoms with Crippen LogP contribution in [0.5, 0.6) is 0 Å². The summed E-state index contributed by atoms with van der Waals surface area (Å²) in [4.78, 5) is 31.8. The van der Waals surface area contributed by atoms with Gasteiger partial charge in [-0.2, -0.15) is 0 Å². The van der Waals surface area contributed by atoms with Crippen LogP contribution < -0.4 is 5.56 Å². The first-order valence-electron chi connectivity index (χ1n) is 9.63. The molecule has 0 saturated heterocycles. The highest BCUT2D eigenvalue weighted by molar-refractivity contribution is 7.99. The van der Waals surface area contributed by atoms with Crippen molar-refractivity contribution in [1.82, 2.24) is 14.5 Å². The van der Waals surface area contributed by atoms with Crippen LogP contribution in [0.2, 0.25) is 5.02 Å². The summed E-state index contributed by atoms with van der Waals surface area (Å²) in [5.74, 6) is -0.663. The van der Waals surface area contributed by atoms with Gasteiger partial charge in [-0.05, 0) is 31.2 Å². The van der Waals surface area contributed by atoms with Crippen LogP contribution in [0.15, 0.2) is 52.4 Å². The monoisotopic (exact) mass is 463 g/mol. The van der Waals surface area contributed by atoms with Gasteiger partial charge in [0.25, 0.3) is 5.56 Å². The lowest BCUT2D eigenvalue weighted by Crippen LogP contribution is -2.30. The Morgan fingerprint density at radius 3 is 2.74 bits per heavy atom. The number of rotatable bonds is 8. The number of fused-ring (bicyclic) bond motifs is 1. The van der Waals surface area contributed by atoms with E-state index in [-0.39, 0.29) is 40.4 Å². The fourth-order valence-electron chi connectivity index (χ4n) is 3.18. The van der Waals surface area contributed by atoms with Gasteiger partial charge in [-0.15, -0.1) is 0 Å². The summed E-state index contributed by atoms with van der Waals surface area (Å²) < 4.78 is 20.8. The van der Waals surface area contributed by atoms with Gasteiger partial charge in [0.05, 0.1) is 29.3 Å². The summed E-state index contributed by atoms with van der Waals surface area (Å²) >= 11 is 7.23. The Kier molecular flexibility index (Phi) is 7.69. The van der Waals surface area contributed by atoms with Crippen molar-refractivity contribution in [2.75, 3.05) is 26.5 Å². The number of amides is 1. The highest BCUT2D eigenvalue weighted by Crippen LogP contribution is 2.23. The Labute approximate surface area is 189 Å². The van der Waals surface area contributed by atoms with E-state index in [2.05, 4.69) is 4.98 Å². The standard InChI is InChI=1S/C22H23ClFN3O3S/c1-14(12-30-3)27-21(29)15-7-4-5-10-19(15)25-22(27)31-13-20(28)26(2)11-16-17(23)8-6-9-18(16)24/h4-10,14H,11-13H2,1-3H3. The number of thioether (sulfide) groups is 1. The largest absolute Gasteiger partial charge is 0.383 e. The highest BCUT2D eigenvalue weighted by Gasteiger charge is 2.19. The van der Waals surface area contributed by atoms with Gasteiger partial charge >= 0.3 is 0 Å². The third-order valence-electron chi connectivity index (χ3n) is 4.83. The van der Waals surface area contributed by atoms with Crippen LogP contribution in [0.3, 0.4) is 0 Å². The average molecular weight is 464 g/mol. The van der Waals surface area contributed by atoms with Crippen molar-refractivity contribution < 1.29 is 13.9 Å². The molecule has 31 heavy (non-hydrogen) atoms. The zero-order valence-electron chi connectivity index (χ0n) is 17.5. The molecule has 0 aliphatic carbocycles. The number of hydrogen-bond donors (Lipinski definition) is 0. The number of para-hydroxylation sites is 1. The molecule has 0 bridgehead atoms. The van der Waals surface area contributed by atoms with Gasteiger partial charge < -0.3 is 9.64 Å². The van der Waals surface area contributed by atoms with Crippen molar-refractivity contribution in [3.8, 4) is 0 Å². The summed E-state index contributed by atoms with van der Waals surface area (Å²) in [6.45, 7) is 2.23. The van der Waals surface area contributed by atoms with Gasteiger partial charge in [0.2, 0.25) is 5.91 Å². The van der Waals surface area contributed by atoms with Crippen LogP contribution in [-0.4, -0.2) is 46.9 Å². The number of carbonyl (C=O) groups is 1. The molecule has 1 atom stereocenters. The van der Waals surface area contributed by atoms with Gasteiger partial charge in [-0.1, -0.05) is 41.6 Å². The van der Waals surface area contributed by atoms with Gasteiger partial charge in [-0.3, -0.25) is 14.2 Å². The summed E-state index contributed by atoms with van der Waals surface area (Å²) in [7, 11) is 3.15. The van der Waals surface area contributed by atoms with E-state index in [1.165, 1.54) is 17.0 Å². The minimum absolute atomic E-state index is 0.0348. The molecule has 1 amide bonds. The van der Waals surface area contributed by atoms with Gasteiger partial charge in [0.15, 0.2) is 5.16 Å². The van der Waals surface area contributed by atoms with Gasteiger partial charge in [0.1, 0.15) is 5.82 Å². The Balaban J connectivity index is 1.83. The minimum Gasteiger partial charge on any atom is -0.383 e. The molecule has 0 fully saturated rings. The smallest absolute Gasteiger partial charge is 0.262 e. The lowest BCUT2D eigenvalue weighted by molar-refractivity contribution is -0.127. The van der Waals surface area contributed by atoms with E-state index in [0.717, 1.165) is 11.8 Å². The first kappa shape index (κ1) is 23.2. The second kappa shape index (κ2) is 10.3. The minimum atomic E-state index is -0.460. The second-order valence-electron chi connectivity index (χ2n) is 7.13. The molecule has 3 aromatic rings. The van der Waals surface area contributed by atoms with E-state index < -0.39 is 5.82 Å². The number of benzene rings is 2. The Bertz CT molecular complexity index is 1130. The maximum absolute atomic E-state index is 14.0. The molecule has 0 aliphatic rings. The van der Waals surface area contributed by atoms with Crippen LogP contribution in [-0.2, 0) is 16.1 Å². The molecular formula is C22H23ClFN3O3S. The number of hydrogen-bond acceptors (Lipinski definition) is 5. The number of nitrogens with zero attached hydrogens (tertiary/aromatic N) is 3. The van der Waals surface area contributed by atoms with Crippen LogP contribution in [0.25, 0.3) is 10.9 Å². The predicted molar refractivity (Wildman–Crippen MR) is 121 cm³/mol. The van der Waals surface area contributed by atoms with Gasteiger partial charge in [0, 0.05) is 31.3 Å². The van der Waals surface area contributed by atoms with Crippen molar-refractivity contribution in [3.05, 3.63) is 69.2 Å². The second-order valence-corrected chi connectivity index (χ2v) is 8.48. The van der Waals surface area contributed by atoms with E-state index in [4.69, 9.17) is 16.3 Å². The van der Waals surface area contributed by atoms with Crippen LogP contribution >= 0.6 is 23.4 Å². The quantitative estimate of drug-likeness (QED) is 0.371. The maximum atomic E-state index is 14.0. The third-order valence-corrected chi connectivity index (χ3v) is 6.12. The Morgan fingerprint density at radius 2 is 2.03 bits per heavy atom. The number of halogens is 2. The molecule has 1 unspecified atom stereocenters. The van der Waals surface area contributed by atoms with Crippen LogP contribution in [0.4, 0.5) is 4.39 Å². The topological polar surface area (TPSA) is 64.4 Å². The van der Waals surface area contributed by atoms with Gasteiger partial charge in [-0.25, -0.2) is 9.37 Å². The fraction of sp³-hybridized carbons (Fsp3) is 0.318. The normalized spacial score (nSPS) is 12.2. The summed E-state index contributed by atoms with van der Waals surface area (Å²) in [6, 6.07) is 11.2. The van der Waals surface area contributed by atoms with Crippen molar-refractivity contribution in [2.24, 2.45) is 0 Å². The third kappa shape index (κ3) is 5.26. The van der Waals surface area contributed by atoms with Crippen molar-refractivity contribution >= 4 is 40.2 Å². The van der Waals surface area contributed by atoms with E-state index in [1.54, 1.807) is 43.0 Å². The van der Waals surface area contributed by atoms with Crippen LogP contribution in [0, 0.1) is 5.82 Å². The molecule has 2 aromatic carbocycles. The fourth-order valence-corrected chi connectivity index (χ4v) is 4.44. The molecule has 1 heterocycles. The zero-order valence-corrected chi connectivity index (χ0v) is 19.0. The first-order chi connectivity index (χ1) is 14.8. The predicted octanol–water partition coefficient (Wildman–Crippen LogP) is 4.15. The molecule has 0 saturated carbocycles. The lowest BCUT2D eigenvalue weighted by Gasteiger charge is -2.21. The molecular weight excluding hydrogens is 441 g/mol. The molecule has 3 rings (SSSR count). The number of ether oxygens (including phenoxy) is 1. The molecule has 0 N–H and O–H groups in total. The molecule has 1 aromatic heterocycles. The molecule has 6 nitrogen and oxygen atoms in total. The summed E-state index contributed by atoms with van der Waals surface area (Å²) in [5.41, 5.74) is 0.644. The Morgan fingerprint density at radius 1 is 1.29 bits per heavy atom.